The van der Waals surface area contributed by atoms with Crippen LogP contribution in [0.1, 0.15) is 41.0 Å². The molecule has 9 heteroatoms. The molecule has 26 heavy (non-hydrogen) atoms. The zero-order chi connectivity index (χ0) is 20.6. The van der Waals surface area contributed by atoms with Crippen LogP contribution in [0.5, 0.6) is 0 Å². The normalized spacial score (nSPS) is 14.4. The zero-order valence-electron chi connectivity index (χ0n) is 16.8. The van der Waals surface area contributed by atoms with Crippen LogP contribution in [0.2, 0.25) is 0 Å². The van der Waals surface area contributed by atoms with Gasteiger partial charge in [-0.15, -0.1) is 0 Å². The standard InChI is InChI=1S/C17H33N5O4/c1-9(2)8-12(22(7)16(25)13(18)10(3)4)15(24)20-11(5)14(23)21-17(26)19-6/h9-13H,8,18H2,1-7H3,(H,20,24)(H2,19,21,23,26)/t11-,12+,13+/m1/s1. The van der Waals surface area contributed by atoms with E-state index >= 15 is 0 Å². The summed E-state index contributed by atoms with van der Waals surface area (Å²) in [5.41, 5.74) is 5.92. The quantitative estimate of drug-likeness (QED) is 0.469. The van der Waals surface area contributed by atoms with Crippen LogP contribution in [0.3, 0.4) is 0 Å². The maximum atomic E-state index is 12.7. The monoisotopic (exact) mass is 371 g/mol. The van der Waals surface area contributed by atoms with Crippen molar-refractivity contribution in [3.8, 4) is 0 Å². The van der Waals surface area contributed by atoms with E-state index < -0.39 is 36.0 Å². The Morgan fingerprint density at radius 1 is 1.00 bits per heavy atom. The van der Waals surface area contributed by atoms with Crippen LogP contribution in [0.4, 0.5) is 4.79 Å². The Hall–Kier alpha value is -2.16. The Bertz CT molecular complexity index is 521. The molecule has 5 N–H and O–H groups in total. The third-order valence-corrected chi connectivity index (χ3v) is 4.03. The Morgan fingerprint density at radius 3 is 1.96 bits per heavy atom. The van der Waals surface area contributed by atoms with Gasteiger partial charge >= 0.3 is 6.03 Å². The molecule has 0 aliphatic carbocycles. The van der Waals surface area contributed by atoms with Crippen LogP contribution in [-0.2, 0) is 14.4 Å². The molecule has 0 saturated carbocycles. The van der Waals surface area contributed by atoms with Crippen LogP contribution in [0.15, 0.2) is 0 Å². The number of likely N-dealkylation sites (N-methyl/N-ethyl adjacent to an activating group) is 1. The SMILES string of the molecule is CNC(=O)NC(=O)[C@@H](C)NC(=O)[C@H](CC(C)C)N(C)C(=O)[C@@H](N)C(C)C. The fourth-order valence-corrected chi connectivity index (χ4v) is 2.22. The maximum absolute atomic E-state index is 12.7. The summed E-state index contributed by atoms with van der Waals surface area (Å²) in [4.78, 5) is 49.6. The summed E-state index contributed by atoms with van der Waals surface area (Å²) in [6.07, 6.45) is 0.419. The average Bonchev–Trinajstić information content (AvgIpc) is 2.56. The van der Waals surface area contributed by atoms with Crippen LogP contribution in [-0.4, -0.2) is 60.9 Å². The van der Waals surface area contributed by atoms with E-state index in [1.165, 1.54) is 25.9 Å². The number of carbonyl (C=O) groups is 4. The van der Waals surface area contributed by atoms with E-state index in [1.54, 1.807) is 0 Å². The van der Waals surface area contributed by atoms with E-state index in [4.69, 9.17) is 5.73 Å². The van der Waals surface area contributed by atoms with Crippen molar-refractivity contribution in [1.82, 2.24) is 20.9 Å². The van der Waals surface area contributed by atoms with E-state index in [1.807, 2.05) is 27.7 Å². The topological polar surface area (TPSA) is 134 Å². The molecule has 0 aromatic carbocycles. The number of urea groups is 1. The maximum Gasteiger partial charge on any atom is 0.321 e. The fourth-order valence-electron chi connectivity index (χ4n) is 2.22. The third-order valence-electron chi connectivity index (χ3n) is 4.03. The highest BCUT2D eigenvalue weighted by Gasteiger charge is 2.32. The highest BCUT2D eigenvalue weighted by molar-refractivity contribution is 5.99. The molecule has 0 aliphatic heterocycles. The van der Waals surface area contributed by atoms with Gasteiger partial charge < -0.3 is 21.3 Å². The highest BCUT2D eigenvalue weighted by atomic mass is 16.2. The lowest BCUT2D eigenvalue weighted by molar-refractivity contribution is -0.141. The number of nitrogens with zero attached hydrogens (tertiary/aromatic N) is 1. The van der Waals surface area contributed by atoms with Gasteiger partial charge in [0.25, 0.3) is 0 Å². The zero-order valence-corrected chi connectivity index (χ0v) is 16.8. The number of rotatable bonds is 8. The lowest BCUT2D eigenvalue weighted by Gasteiger charge is -2.32. The largest absolute Gasteiger partial charge is 0.343 e. The van der Waals surface area contributed by atoms with Crippen LogP contribution >= 0.6 is 0 Å². The van der Waals surface area contributed by atoms with Crippen molar-refractivity contribution in [3.05, 3.63) is 0 Å². The average molecular weight is 371 g/mol. The van der Waals surface area contributed by atoms with E-state index in [0.717, 1.165) is 0 Å². The minimum atomic E-state index is -0.934. The van der Waals surface area contributed by atoms with Crippen molar-refractivity contribution in [2.24, 2.45) is 17.6 Å². The Morgan fingerprint density at radius 2 is 1.54 bits per heavy atom. The molecule has 0 bridgehead atoms. The number of hydrogen-bond donors (Lipinski definition) is 4. The predicted molar refractivity (Wildman–Crippen MR) is 99.0 cm³/mol. The molecule has 0 fully saturated rings. The number of amides is 5. The molecule has 0 unspecified atom stereocenters. The second-order valence-electron chi connectivity index (χ2n) is 7.16. The van der Waals surface area contributed by atoms with Crippen molar-refractivity contribution in [1.29, 1.82) is 0 Å². The van der Waals surface area contributed by atoms with Crippen molar-refractivity contribution < 1.29 is 19.2 Å². The summed E-state index contributed by atoms with van der Waals surface area (Å²) in [6.45, 7) is 8.99. The summed E-state index contributed by atoms with van der Waals surface area (Å²) in [7, 11) is 2.91. The van der Waals surface area contributed by atoms with Gasteiger partial charge in [-0.25, -0.2) is 4.79 Å². The van der Waals surface area contributed by atoms with Crippen molar-refractivity contribution in [2.45, 2.75) is 59.2 Å². The predicted octanol–water partition coefficient (Wildman–Crippen LogP) is -0.197. The Balaban J connectivity index is 5.17. The molecule has 0 rings (SSSR count). The van der Waals surface area contributed by atoms with Gasteiger partial charge in [-0.2, -0.15) is 0 Å². The molecule has 9 nitrogen and oxygen atoms in total. The molecule has 5 amide bonds. The first-order valence-corrected chi connectivity index (χ1v) is 8.77. The van der Waals surface area contributed by atoms with Gasteiger partial charge in [0, 0.05) is 14.1 Å². The minimum Gasteiger partial charge on any atom is -0.343 e. The van der Waals surface area contributed by atoms with E-state index in [-0.39, 0.29) is 17.7 Å². The summed E-state index contributed by atoms with van der Waals surface area (Å²) in [6, 6.07) is -3.07. The van der Waals surface area contributed by atoms with E-state index in [2.05, 4.69) is 16.0 Å². The highest BCUT2D eigenvalue weighted by Crippen LogP contribution is 2.14. The molecule has 150 valence electrons. The van der Waals surface area contributed by atoms with E-state index in [9.17, 15) is 19.2 Å². The van der Waals surface area contributed by atoms with Gasteiger partial charge in [0.2, 0.25) is 17.7 Å². The number of hydrogen-bond acceptors (Lipinski definition) is 5. The number of nitrogens with one attached hydrogen (secondary N) is 3. The van der Waals surface area contributed by atoms with Crippen LogP contribution in [0.25, 0.3) is 0 Å². The molecule has 0 aromatic rings. The summed E-state index contributed by atoms with van der Waals surface area (Å²) >= 11 is 0. The van der Waals surface area contributed by atoms with Gasteiger partial charge in [-0.1, -0.05) is 27.7 Å². The van der Waals surface area contributed by atoms with Gasteiger partial charge in [0.1, 0.15) is 12.1 Å². The summed E-state index contributed by atoms with van der Waals surface area (Å²) < 4.78 is 0. The number of imide groups is 1. The lowest BCUT2D eigenvalue weighted by atomic mass is 9.98. The molecule has 0 spiro atoms. The van der Waals surface area contributed by atoms with Gasteiger partial charge in [-0.05, 0) is 25.2 Å². The molecule has 0 aromatic heterocycles. The van der Waals surface area contributed by atoms with Crippen molar-refractivity contribution >= 4 is 23.8 Å². The first-order valence-electron chi connectivity index (χ1n) is 8.77. The summed E-state index contributed by atoms with van der Waals surface area (Å²) in [5.74, 6) is -1.36. The fraction of sp³-hybridized carbons (Fsp3) is 0.765. The molecule has 3 atom stereocenters. The van der Waals surface area contributed by atoms with E-state index in [0.29, 0.717) is 6.42 Å². The van der Waals surface area contributed by atoms with Crippen molar-refractivity contribution in [2.75, 3.05) is 14.1 Å². The molecule has 0 aliphatic rings. The number of carbonyl (C=O) groups excluding carboxylic acids is 4. The minimum absolute atomic E-state index is 0.0648. The molecule has 0 heterocycles. The number of nitrogens with two attached hydrogens (primary N) is 1. The van der Waals surface area contributed by atoms with Gasteiger partial charge in [-0.3, -0.25) is 19.7 Å². The molecule has 0 saturated heterocycles. The molecule has 0 radical (unpaired) electrons. The van der Waals surface area contributed by atoms with Crippen LogP contribution < -0.4 is 21.7 Å². The van der Waals surface area contributed by atoms with Gasteiger partial charge in [0.15, 0.2) is 0 Å². The first-order chi connectivity index (χ1) is 11.9. The summed E-state index contributed by atoms with van der Waals surface area (Å²) in [5, 5.41) is 6.91. The Labute approximate surface area is 155 Å². The smallest absolute Gasteiger partial charge is 0.321 e. The Kier molecular flexibility index (Phi) is 9.85. The molecular formula is C17H33N5O4. The second kappa shape index (κ2) is 10.7. The van der Waals surface area contributed by atoms with Gasteiger partial charge in [0.05, 0.1) is 6.04 Å². The third kappa shape index (κ3) is 7.38. The molecular weight excluding hydrogens is 338 g/mol. The van der Waals surface area contributed by atoms with Crippen molar-refractivity contribution in [3.63, 3.8) is 0 Å². The second-order valence-corrected chi connectivity index (χ2v) is 7.16. The van der Waals surface area contributed by atoms with Crippen LogP contribution in [0, 0.1) is 11.8 Å². The lowest BCUT2D eigenvalue weighted by Crippen LogP contribution is -2.57. The first kappa shape index (κ1) is 23.8.